The predicted octanol–water partition coefficient (Wildman–Crippen LogP) is 2.74. The number of rotatable bonds is 2. The van der Waals surface area contributed by atoms with Crippen molar-refractivity contribution in [3.63, 3.8) is 0 Å². The lowest BCUT2D eigenvalue weighted by Gasteiger charge is -1.96. The van der Waals surface area contributed by atoms with Crippen molar-refractivity contribution in [1.29, 1.82) is 0 Å². The Labute approximate surface area is 88.2 Å². The number of aromatic nitrogens is 3. The second-order valence-corrected chi connectivity index (χ2v) is 4.54. The Morgan fingerprint density at radius 1 is 1.15 bits per heavy atom. The molecular formula is C7H4ClN3S2. The van der Waals surface area contributed by atoms with Crippen LogP contribution in [-0.2, 0) is 0 Å². The van der Waals surface area contributed by atoms with E-state index in [1.807, 2.05) is 5.38 Å². The third-order valence-corrected chi connectivity index (χ3v) is 3.48. The molecule has 2 aromatic rings. The largest absolute Gasteiger partial charge is 0.245 e. The summed E-state index contributed by atoms with van der Waals surface area (Å²) in [5.41, 5.74) is 0. The van der Waals surface area contributed by atoms with Gasteiger partial charge in [-0.15, -0.1) is 11.3 Å². The first kappa shape index (κ1) is 8.93. The Bertz CT molecular complexity index is 390. The number of hydrogen-bond acceptors (Lipinski definition) is 5. The van der Waals surface area contributed by atoms with E-state index in [-0.39, 0.29) is 0 Å². The standard InChI is InChI=1S/C7H4ClN3S2/c8-5-6(10-2-1-9-5)13-7-11-3-4-12-7/h1-4H. The molecular weight excluding hydrogens is 226 g/mol. The lowest BCUT2D eigenvalue weighted by molar-refractivity contribution is 1.05. The zero-order valence-corrected chi connectivity index (χ0v) is 8.73. The van der Waals surface area contributed by atoms with Crippen LogP contribution < -0.4 is 0 Å². The van der Waals surface area contributed by atoms with Crippen LogP contribution in [0.2, 0.25) is 5.15 Å². The van der Waals surface area contributed by atoms with Crippen LogP contribution in [0, 0.1) is 0 Å². The van der Waals surface area contributed by atoms with E-state index in [1.165, 1.54) is 11.8 Å². The van der Waals surface area contributed by atoms with Gasteiger partial charge in [0.2, 0.25) is 0 Å². The van der Waals surface area contributed by atoms with Gasteiger partial charge in [0.1, 0.15) is 5.03 Å². The Hall–Kier alpha value is -0.650. The molecule has 2 aromatic heterocycles. The normalized spacial score (nSPS) is 10.2. The van der Waals surface area contributed by atoms with Gasteiger partial charge in [0, 0.05) is 24.0 Å². The fourth-order valence-electron chi connectivity index (χ4n) is 0.720. The number of nitrogens with zero attached hydrogens (tertiary/aromatic N) is 3. The zero-order chi connectivity index (χ0) is 9.10. The molecule has 0 fully saturated rings. The third kappa shape index (κ3) is 2.18. The summed E-state index contributed by atoms with van der Waals surface area (Å²) in [7, 11) is 0. The molecule has 0 spiro atoms. The highest BCUT2D eigenvalue weighted by atomic mass is 35.5. The highest BCUT2D eigenvalue weighted by molar-refractivity contribution is 8.01. The molecule has 0 saturated carbocycles. The van der Waals surface area contributed by atoms with Crippen LogP contribution >= 0.6 is 34.7 Å². The molecule has 0 aliphatic rings. The van der Waals surface area contributed by atoms with E-state index in [0.717, 1.165) is 4.34 Å². The van der Waals surface area contributed by atoms with Gasteiger partial charge in [0.25, 0.3) is 0 Å². The molecule has 0 bridgehead atoms. The van der Waals surface area contributed by atoms with Gasteiger partial charge in [-0.25, -0.2) is 15.0 Å². The van der Waals surface area contributed by atoms with E-state index in [1.54, 1.807) is 29.9 Å². The molecule has 0 unspecified atom stereocenters. The first-order valence-electron chi connectivity index (χ1n) is 3.40. The predicted molar refractivity (Wildman–Crippen MR) is 53.3 cm³/mol. The molecule has 0 aliphatic carbocycles. The molecule has 13 heavy (non-hydrogen) atoms. The van der Waals surface area contributed by atoms with Gasteiger partial charge in [-0.1, -0.05) is 11.6 Å². The summed E-state index contributed by atoms with van der Waals surface area (Å²) in [6.07, 6.45) is 4.92. The van der Waals surface area contributed by atoms with E-state index < -0.39 is 0 Å². The fourth-order valence-corrected chi connectivity index (χ4v) is 2.43. The van der Waals surface area contributed by atoms with Gasteiger partial charge in [0.15, 0.2) is 9.49 Å². The van der Waals surface area contributed by atoms with Crippen LogP contribution in [0.3, 0.4) is 0 Å². The van der Waals surface area contributed by atoms with Gasteiger partial charge in [-0.2, -0.15) is 0 Å². The van der Waals surface area contributed by atoms with Gasteiger partial charge in [-0.3, -0.25) is 0 Å². The summed E-state index contributed by atoms with van der Waals surface area (Å²) in [6.45, 7) is 0. The van der Waals surface area contributed by atoms with Crippen molar-refractivity contribution < 1.29 is 0 Å². The molecule has 0 amide bonds. The molecule has 0 radical (unpaired) electrons. The second kappa shape index (κ2) is 4.04. The molecule has 2 heterocycles. The van der Waals surface area contributed by atoms with Gasteiger partial charge < -0.3 is 0 Å². The quantitative estimate of drug-likeness (QED) is 0.794. The molecule has 0 atom stereocenters. The molecule has 0 saturated heterocycles. The number of halogens is 1. The van der Waals surface area contributed by atoms with Crippen LogP contribution in [-0.4, -0.2) is 15.0 Å². The van der Waals surface area contributed by atoms with Crippen molar-refractivity contribution >= 4 is 34.7 Å². The van der Waals surface area contributed by atoms with E-state index in [2.05, 4.69) is 15.0 Å². The molecule has 2 rings (SSSR count). The van der Waals surface area contributed by atoms with Crippen molar-refractivity contribution in [3.8, 4) is 0 Å². The third-order valence-electron chi connectivity index (χ3n) is 1.22. The summed E-state index contributed by atoms with van der Waals surface area (Å²) in [4.78, 5) is 12.1. The summed E-state index contributed by atoms with van der Waals surface area (Å²) < 4.78 is 0.919. The molecule has 3 nitrogen and oxygen atoms in total. The summed E-state index contributed by atoms with van der Waals surface area (Å²) >= 11 is 8.80. The second-order valence-electron chi connectivity index (χ2n) is 2.05. The molecule has 0 aliphatic heterocycles. The average molecular weight is 230 g/mol. The number of hydrogen-bond donors (Lipinski definition) is 0. The summed E-state index contributed by atoms with van der Waals surface area (Å²) in [6, 6.07) is 0. The maximum atomic E-state index is 5.82. The van der Waals surface area contributed by atoms with Crippen molar-refractivity contribution in [2.75, 3.05) is 0 Å². The van der Waals surface area contributed by atoms with Crippen molar-refractivity contribution in [2.45, 2.75) is 9.37 Å². The summed E-state index contributed by atoms with van der Waals surface area (Å²) in [5, 5.41) is 3.02. The minimum Gasteiger partial charge on any atom is -0.245 e. The fraction of sp³-hybridized carbons (Fsp3) is 0. The first-order valence-corrected chi connectivity index (χ1v) is 5.47. The molecule has 66 valence electrons. The van der Waals surface area contributed by atoms with Crippen LogP contribution in [0.5, 0.6) is 0 Å². The highest BCUT2D eigenvalue weighted by Gasteiger charge is 2.05. The van der Waals surface area contributed by atoms with Crippen LogP contribution in [0.15, 0.2) is 33.3 Å². The zero-order valence-electron chi connectivity index (χ0n) is 6.35. The van der Waals surface area contributed by atoms with Crippen molar-refractivity contribution in [3.05, 3.63) is 29.1 Å². The van der Waals surface area contributed by atoms with Crippen LogP contribution in [0.4, 0.5) is 0 Å². The number of thiazole rings is 1. The van der Waals surface area contributed by atoms with Crippen LogP contribution in [0.1, 0.15) is 0 Å². The smallest absolute Gasteiger partial charge is 0.161 e. The lowest BCUT2D eigenvalue weighted by atomic mass is 10.8. The van der Waals surface area contributed by atoms with Gasteiger partial charge in [0.05, 0.1) is 0 Å². The summed E-state index contributed by atoms with van der Waals surface area (Å²) in [5.74, 6) is 0. The molecule has 0 aromatic carbocycles. The maximum Gasteiger partial charge on any atom is 0.161 e. The van der Waals surface area contributed by atoms with E-state index >= 15 is 0 Å². The Morgan fingerprint density at radius 3 is 2.69 bits per heavy atom. The van der Waals surface area contributed by atoms with Crippen LogP contribution in [0.25, 0.3) is 0 Å². The molecule has 6 heteroatoms. The van der Waals surface area contributed by atoms with E-state index in [0.29, 0.717) is 10.2 Å². The Balaban J connectivity index is 2.24. The topological polar surface area (TPSA) is 38.7 Å². The first-order chi connectivity index (χ1) is 6.36. The van der Waals surface area contributed by atoms with Gasteiger partial charge >= 0.3 is 0 Å². The Kier molecular flexibility index (Phi) is 2.77. The average Bonchev–Trinajstić information content (AvgIpc) is 2.61. The SMILES string of the molecule is Clc1nccnc1Sc1nccs1. The lowest BCUT2D eigenvalue weighted by Crippen LogP contribution is -1.83. The maximum absolute atomic E-state index is 5.82. The monoisotopic (exact) mass is 229 g/mol. The Morgan fingerprint density at radius 2 is 2.00 bits per heavy atom. The molecule has 0 N–H and O–H groups in total. The minimum atomic E-state index is 0.419. The van der Waals surface area contributed by atoms with Crippen molar-refractivity contribution in [2.24, 2.45) is 0 Å². The van der Waals surface area contributed by atoms with Crippen molar-refractivity contribution in [1.82, 2.24) is 15.0 Å². The van der Waals surface area contributed by atoms with E-state index in [9.17, 15) is 0 Å². The minimum absolute atomic E-state index is 0.419. The highest BCUT2D eigenvalue weighted by Crippen LogP contribution is 2.30. The van der Waals surface area contributed by atoms with Gasteiger partial charge in [-0.05, 0) is 11.8 Å². The van der Waals surface area contributed by atoms with E-state index in [4.69, 9.17) is 11.6 Å².